The fourth-order valence-electron chi connectivity index (χ4n) is 1.27. The lowest BCUT2D eigenvalue weighted by molar-refractivity contribution is 0.586. The molecule has 2 rings (SSSR count). The first-order chi connectivity index (χ1) is 8.06. The van der Waals surface area contributed by atoms with Gasteiger partial charge < -0.3 is 5.32 Å². The first-order valence-corrected chi connectivity index (χ1v) is 5.15. The Bertz CT molecular complexity index is 560. The molecule has 0 atom stereocenters. The lowest BCUT2D eigenvalue weighted by Crippen LogP contribution is -2.00. The predicted octanol–water partition coefficient (Wildman–Crippen LogP) is 3.46. The number of aromatic nitrogens is 2. The van der Waals surface area contributed by atoms with E-state index in [0.29, 0.717) is 11.4 Å². The molecule has 0 unspecified atom stereocenters. The number of anilines is 2. The Morgan fingerprint density at radius 1 is 1.29 bits per heavy atom. The van der Waals surface area contributed by atoms with Crippen molar-refractivity contribution in [2.45, 2.75) is 6.92 Å². The SMILES string of the molecule is Cc1cnc(Cl)nc1Nc1ccc(F)cc1F. The van der Waals surface area contributed by atoms with Crippen molar-refractivity contribution in [1.82, 2.24) is 9.97 Å². The highest BCUT2D eigenvalue weighted by atomic mass is 35.5. The van der Waals surface area contributed by atoms with Crippen molar-refractivity contribution in [2.75, 3.05) is 5.32 Å². The van der Waals surface area contributed by atoms with E-state index in [1.54, 1.807) is 6.92 Å². The van der Waals surface area contributed by atoms with Gasteiger partial charge in [-0.15, -0.1) is 0 Å². The summed E-state index contributed by atoms with van der Waals surface area (Å²) in [5.41, 5.74) is 0.836. The first-order valence-electron chi connectivity index (χ1n) is 4.77. The highest BCUT2D eigenvalue weighted by Gasteiger charge is 2.07. The summed E-state index contributed by atoms with van der Waals surface area (Å²) in [4.78, 5) is 7.69. The molecule has 3 nitrogen and oxygen atoms in total. The number of hydrogen-bond acceptors (Lipinski definition) is 3. The molecule has 0 aliphatic heterocycles. The molecule has 88 valence electrons. The first kappa shape index (κ1) is 11.7. The van der Waals surface area contributed by atoms with Gasteiger partial charge in [-0.2, -0.15) is 0 Å². The maximum atomic E-state index is 13.4. The molecule has 17 heavy (non-hydrogen) atoms. The largest absolute Gasteiger partial charge is 0.337 e. The van der Waals surface area contributed by atoms with Crippen molar-refractivity contribution in [2.24, 2.45) is 0 Å². The van der Waals surface area contributed by atoms with E-state index in [-0.39, 0.29) is 11.0 Å². The monoisotopic (exact) mass is 255 g/mol. The molecule has 6 heteroatoms. The lowest BCUT2D eigenvalue weighted by atomic mass is 10.2. The van der Waals surface area contributed by atoms with Crippen molar-refractivity contribution in [3.05, 3.63) is 46.9 Å². The molecule has 1 aromatic carbocycles. The summed E-state index contributed by atoms with van der Waals surface area (Å²) in [5.74, 6) is -0.944. The highest BCUT2D eigenvalue weighted by Crippen LogP contribution is 2.22. The molecule has 0 bridgehead atoms. The third kappa shape index (κ3) is 2.68. The van der Waals surface area contributed by atoms with E-state index in [0.717, 1.165) is 12.1 Å². The van der Waals surface area contributed by atoms with E-state index in [1.807, 2.05) is 0 Å². The summed E-state index contributed by atoms with van der Waals surface area (Å²) < 4.78 is 26.1. The van der Waals surface area contributed by atoms with Crippen molar-refractivity contribution in [3.8, 4) is 0 Å². The van der Waals surface area contributed by atoms with Gasteiger partial charge in [-0.25, -0.2) is 18.7 Å². The maximum absolute atomic E-state index is 13.4. The van der Waals surface area contributed by atoms with Gasteiger partial charge in [0, 0.05) is 17.8 Å². The Kier molecular flexibility index (Phi) is 3.19. The minimum Gasteiger partial charge on any atom is -0.337 e. The van der Waals surface area contributed by atoms with E-state index in [9.17, 15) is 8.78 Å². The number of nitrogens with zero attached hydrogens (tertiary/aromatic N) is 2. The van der Waals surface area contributed by atoms with Crippen LogP contribution in [0.1, 0.15) is 5.56 Å². The van der Waals surface area contributed by atoms with Crippen LogP contribution in [0.2, 0.25) is 5.28 Å². The number of hydrogen-bond donors (Lipinski definition) is 1. The van der Waals surface area contributed by atoms with Crippen LogP contribution in [0.4, 0.5) is 20.3 Å². The Morgan fingerprint density at radius 3 is 2.76 bits per heavy atom. The molecule has 1 N–H and O–H groups in total. The summed E-state index contributed by atoms with van der Waals surface area (Å²) in [6, 6.07) is 3.24. The second-order valence-corrected chi connectivity index (χ2v) is 3.76. The third-order valence-corrected chi connectivity index (χ3v) is 2.31. The minimum atomic E-state index is -0.695. The van der Waals surface area contributed by atoms with Crippen molar-refractivity contribution < 1.29 is 8.78 Å². The summed E-state index contributed by atoms with van der Waals surface area (Å²) in [6.07, 6.45) is 1.51. The van der Waals surface area contributed by atoms with Crippen LogP contribution in [-0.4, -0.2) is 9.97 Å². The van der Waals surface area contributed by atoms with Gasteiger partial charge >= 0.3 is 0 Å². The summed E-state index contributed by atoms with van der Waals surface area (Å²) in [5, 5.41) is 2.79. The maximum Gasteiger partial charge on any atom is 0.224 e. The van der Waals surface area contributed by atoms with Gasteiger partial charge in [-0.3, -0.25) is 0 Å². The van der Waals surface area contributed by atoms with Crippen molar-refractivity contribution in [3.63, 3.8) is 0 Å². The molecule has 2 aromatic rings. The summed E-state index contributed by atoms with van der Waals surface area (Å²) >= 11 is 5.63. The molecule has 0 radical (unpaired) electrons. The molecule has 0 spiro atoms. The number of benzene rings is 1. The normalized spacial score (nSPS) is 10.4. The zero-order valence-corrected chi connectivity index (χ0v) is 9.59. The molecule has 0 aliphatic rings. The van der Waals surface area contributed by atoms with E-state index >= 15 is 0 Å². The summed E-state index contributed by atoms with van der Waals surface area (Å²) in [7, 11) is 0. The number of rotatable bonds is 2. The molecule has 0 saturated heterocycles. The van der Waals surface area contributed by atoms with Gasteiger partial charge in [0.25, 0.3) is 0 Å². The van der Waals surface area contributed by atoms with E-state index in [2.05, 4.69) is 15.3 Å². The van der Waals surface area contributed by atoms with Crippen LogP contribution in [0.15, 0.2) is 24.4 Å². The quantitative estimate of drug-likeness (QED) is 0.835. The van der Waals surface area contributed by atoms with Crippen LogP contribution in [0.3, 0.4) is 0 Å². The Balaban J connectivity index is 2.34. The van der Waals surface area contributed by atoms with Crippen LogP contribution in [-0.2, 0) is 0 Å². The fourth-order valence-corrected chi connectivity index (χ4v) is 1.40. The second kappa shape index (κ2) is 4.63. The standard InChI is InChI=1S/C11H8ClF2N3/c1-6-5-15-11(12)17-10(6)16-9-3-2-7(13)4-8(9)14/h2-5H,1H3,(H,15,16,17). The molecule has 0 saturated carbocycles. The van der Waals surface area contributed by atoms with Crippen LogP contribution in [0.5, 0.6) is 0 Å². The number of halogens is 3. The molecule has 0 aliphatic carbocycles. The van der Waals surface area contributed by atoms with Gasteiger partial charge in [0.1, 0.15) is 17.5 Å². The zero-order chi connectivity index (χ0) is 12.4. The Labute approximate surface area is 101 Å². The Hall–Kier alpha value is -1.75. The van der Waals surface area contributed by atoms with Gasteiger partial charge in [0.05, 0.1) is 5.69 Å². The average Bonchev–Trinajstić information content (AvgIpc) is 2.27. The topological polar surface area (TPSA) is 37.8 Å². The van der Waals surface area contributed by atoms with Crippen molar-refractivity contribution in [1.29, 1.82) is 0 Å². The second-order valence-electron chi connectivity index (χ2n) is 3.42. The van der Waals surface area contributed by atoms with Crippen LogP contribution in [0.25, 0.3) is 0 Å². The molecular formula is C11H8ClF2N3. The molecular weight excluding hydrogens is 248 g/mol. The number of aryl methyl sites for hydroxylation is 1. The van der Waals surface area contributed by atoms with Crippen LogP contribution >= 0.6 is 11.6 Å². The van der Waals surface area contributed by atoms with Gasteiger partial charge in [-0.1, -0.05) is 0 Å². The van der Waals surface area contributed by atoms with Gasteiger partial charge in [0.2, 0.25) is 5.28 Å². The number of nitrogens with one attached hydrogen (secondary N) is 1. The van der Waals surface area contributed by atoms with Gasteiger partial charge in [-0.05, 0) is 30.7 Å². The van der Waals surface area contributed by atoms with Crippen LogP contribution < -0.4 is 5.32 Å². The average molecular weight is 256 g/mol. The third-order valence-electron chi connectivity index (χ3n) is 2.13. The lowest BCUT2D eigenvalue weighted by Gasteiger charge is -2.09. The molecule has 0 amide bonds. The predicted molar refractivity (Wildman–Crippen MR) is 61.4 cm³/mol. The van der Waals surface area contributed by atoms with E-state index < -0.39 is 11.6 Å². The molecule has 1 aromatic heterocycles. The highest BCUT2D eigenvalue weighted by molar-refractivity contribution is 6.28. The van der Waals surface area contributed by atoms with Crippen LogP contribution in [0, 0.1) is 18.6 Å². The minimum absolute atomic E-state index is 0.0561. The van der Waals surface area contributed by atoms with Gasteiger partial charge in [0.15, 0.2) is 0 Å². The molecule has 0 fully saturated rings. The molecule has 1 heterocycles. The van der Waals surface area contributed by atoms with E-state index in [1.165, 1.54) is 12.3 Å². The van der Waals surface area contributed by atoms with E-state index in [4.69, 9.17) is 11.6 Å². The fraction of sp³-hybridized carbons (Fsp3) is 0.0909. The van der Waals surface area contributed by atoms with Crippen molar-refractivity contribution >= 4 is 23.1 Å². The zero-order valence-electron chi connectivity index (χ0n) is 8.84. The summed E-state index contributed by atoms with van der Waals surface area (Å²) in [6.45, 7) is 1.75. The Morgan fingerprint density at radius 2 is 2.06 bits per heavy atom. The smallest absolute Gasteiger partial charge is 0.224 e.